The van der Waals surface area contributed by atoms with Crippen molar-refractivity contribution in [1.82, 2.24) is 20.1 Å². The molecule has 0 bridgehead atoms. The van der Waals surface area contributed by atoms with E-state index in [2.05, 4.69) is 15.2 Å². The summed E-state index contributed by atoms with van der Waals surface area (Å²) < 4.78 is 11.6. The summed E-state index contributed by atoms with van der Waals surface area (Å²) in [5, 5.41) is 18.7. The molecule has 1 aliphatic rings. The molecule has 0 radical (unpaired) electrons. The zero-order chi connectivity index (χ0) is 26.1. The Morgan fingerprint density at radius 1 is 1.11 bits per heavy atom. The molecule has 1 atom stereocenters. The van der Waals surface area contributed by atoms with Crippen LogP contribution in [-0.2, 0) is 6.54 Å². The first kappa shape index (κ1) is 24.6. The number of H-pyrrole nitrogens is 1. The number of aromatic nitrogens is 3. The van der Waals surface area contributed by atoms with E-state index in [4.69, 9.17) is 21.1 Å². The average Bonchev–Trinajstić information content (AvgIpc) is 3.42. The molecule has 5 rings (SSSR count). The van der Waals surface area contributed by atoms with Crippen LogP contribution in [0.1, 0.15) is 52.6 Å². The molecule has 9 heteroatoms. The van der Waals surface area contributed by atoms with Crippen LogP contribution in [0.5, 0.6) is 17.2 Å². The highest BCUT2D eigenvalue weighted by Gasteiger charge is 2.43. The van der Waals surface area contributed by atoms with Gasteiger partial charge in [-0.15, -0.1) is 0 Å². The number of carbonyl (C=O) groups excluding carboxylic acids is 1. The van der Waals surface area contributed by atoms with Gasteiger partial charge in [0, 0.05) is 35.1 Å². The number of ether oxygens (including phenoxy) is 2. The molecule has 0 spiro atoms. The van der Waals surface area contributed by atoms with Crippen LogP contribution >= 0.6 is 11.6 Å². The minimum absolute atomic E-state index is 0.0369. The second kappa shape index (κ2) is 10.1. The van der Waals surface area contributed by atoms with E-state index in [0.717, 1.165) is 16.7 Å². The van der Waals surface area contributed by atoms with Crippen molar-refractivity contribution < 1.29 is 19.4 Å². The summed E-state index contributed by atoms with van der Waals surface area (Å²) >= 11 is 6.41. The van der Waals surface area contributed by atoms with Crippen LogP contribution in [0, 0.1) is 6.92 Å². The van der Waals surface area contributed by atoms with Crippen LogP contribution in [0.4, 0.5) is 0 Å². The number of aryl methyl sites for hydroxylation is 1. The van der Waals surface area contributed by atoms with Gasteiger partial charge in [0.05, 0.1) is 19.3 Å². The third-order valence-corrected chi connectivity index (χ3v) is 6.76. The van der Waals surface area contributed by atoms with Crippen LogP contribution in [0.25, 0.3) is 11.3 Å². The van der Waals surface area contributed by atoms with Crippen LogP contribution in [0.2, 0.25) is 5.02 Å². The summed E-state index contributed by atoms with van der Waals surface area (Å²) in [5.41, 5.74) is 4.40. The van der Waals surface area contributed by atoms with E-state index in [1.807, 2.05) is 51.1 Å². The van der Waals surface area contributed by atoms with E-state index in [-0.39, 0.29) is 11.7 Å². The molecule has 8 nitrogen and oxygen atoms in total. The molecule has 0 fully saturated rings. The summed E-state index contributed by atoms with van der Waals surface area (Å²) in [4.78, 5) is 19.7. The fourth-order valence-electron chi connectivity index (χ4n) is 4.69. The molecular formula is C28H27ClN4O4. The van der Waals surface area contributed by atoms with Crippen molar-refractivity contribution in [3.05, 3.63) is 87.8 Å². The Bertz CT molecular complexity index is 1450. The number of phenols is 1. The molecule has 0 saturated carbocycles. The van der Waals surface area contributed by atoms with Gasteiger partial charge < -0.3 is 19.5 Å². The summed E-state index contributed by atoms with van der Waals surface area (Å²) in [6.45, 7) is 6.93. The maximum atomic E-state index is 13.7. The summed E-state index contributed by atoms with van der Waals surface area (Å²) in [6, 6.07) is 12.2. The maximum absolute atomic E-state index is 13.7. The minimum atomic E-state index is -0.509. The maximum Gasteiger partial charge on any atom is 0.273 e. The van der Waals surface area contributed by atoms with Crippen molar-refractivity contribution in [3.8, 4) is 28.5 Å². The van der Waals surface area contributed by atoms with E-state index < -0.39 is 6.04 Å². The minimum Gasteiger partial charge on any atom is -0.507 e. The highest BCUT2D eigenvalue weighted by molar-refractivity contribution is 6.31. The van der Waals surface area contributed by atoms with Gasteiger partial charge in [-0.25, -0.2) is 0 Å². The SMILES string of the molecule is CCOc1ccc([C@H]2c3c(-c4cc(Cl)c(C)cc4O)n[nH]c3C(=O)N2Cc2cccnc2)cc1OCC. The number of pyridine rings is 1. The van der Waals surface area contributed by atoms with Crippen LogP contribution in [0.3, 0.4) is 0 Å². The molecule has 3 heterocycles. The summed E-state index contributed by atoms with van der Waals surface area (Å²) in [7, 11) is 0. The molecule has 1 amide bonds. The second-order valence-electron chi connectivity index (χ2n) is 8.75. The van der Waals surface area contributed by atoms with Gasteiger partial charge in [0.1, 0.15) is 17.1 Å². The van der Waals surface area contributed by atoms with E-state index in [9.17, 15) is 9.90 Å². The number of nitrogens with zero attached hydrogens (tertiary/aromatic N) is 3. The Kier molecular flexibility index (Phi) is 6.76. The van der Waals surface area contributed by atoms with E-state index in [0.29, 0.717) is 58.8 Å². The second-order valence-corrected chi connectivity index (χ2v) is 9.16. The molecule has 2 aromatic heterocycles. The number of rotatable bonds is 8. The number of amides is 1. The highest BCUT2D eigenvalue weighted by atomic mass is 35.5. The van der Waals surface area contributed by atoms with Gasteiger partial charge in [-0.1, -0.05) is 23.7 Å². The molecule has 2 N–H and O–H groups in total. The number of benzene rings is 2. The number of phenolic OH excluding ortho intramolecular Hbond substituents is 1. The smallest absolute Gasteiger partial charge is 0.273 e. The lowest BCUT2D eigenvalue weighted by Gasteiger charge is -2.27. The fourth-order valence-corrected chi connectivity index (χ4v) is 4.86. The van der Waals surface area contributed by atoms with Crippen LogP contribution < -0.4 is 9.47 Å². The van der Waals surface area contributed by atoms with Crippen molar-refractivity contribution in [1.29, 1.82) is 0 Å². The Morgan fingerprint density at radius 2 is 1.89 bits per heavy atom. The normalized spacial score (nSPS) is 14.6. The standard InChI is InChI=1S/C28H27ClN4O4/c1-4-36-22-9-8-18(12-23(22)37-5-2)27-24-25(19-13-20(29)16(3)11-21(19)34)31-32-26(24)28(35)33(27)15-17-7-6-10-30-14-17/h6-14,27,34H,4-5,15H2,1-3H3,(H,31,32)/t27-/m0/s1. The van der Waals surface area contributed by atoms with Crippen LogP contribution in [-0.4, -0.2) is 44.3 Å². The van der Waals surface area contributed by atoms with Crippen molar-refractivity contribution in [2.45, 2.75) is 33.4 Å². The van der Waals surface area contributed by atoms with E-state index in [1.54, 1.807) is 29.4 Å². The zero-order valence-corrected chi connectivity index (χ0v) is 21.5. The average molecular weight is 519 g/mol. The third kappa shape index (κ3) is 4.49. The molecule has 0 saturated heterocycles. The van der Waals surface area contributed by atoms with Crippen molar-refractivity contribution in [2.24, 2.45) is 0 Å². The van der Waals surface area contributed by atoms with Gasteiger partial charge in [-0.2, -0.15) is 5.10 Å². The Morgan fingerprint density at radius 3 is 2.62 bits per heavy atom. The lowest BCUT2D eigenvalue weighted by molar-refractivity contribution is 0.0729. The number of carbonyl (C=O) groups is 1. The number of aromatic hydroxyl groups is 1. The Balaban J connectivity index is 1.69. The molecule has 1 aliphatic heterocycles. The fraction of sp³-hybridized carbons (Fsp3) is 0.250. The van der Waals surface area contributed by atoms with Gasteiger partial charge >= 0.3 is 0 Å². The number of fused-ring (bicyclic) bond motifs is 1. The number of aromatic amines is 1. The topological polar surface area (TPSA) is 101 Å². The molecule has 0 aliphatic carbocycles. The summed E-state index contributed by atoms with van der Waals surface area (Å²) in [6.07, 6.45) is 3.44. The van der Waals surface area contributed by atoms with Gasteiger partial charge in [0.25, 0.3) is 5.91 Å². The van der Waals surface area contributed by atoms with Crippen molar-refractivity contribution >= 4 is 17.5 Å². The predicted molar refractivity (Wildman–Crippen MR) is 140 cm³/mol. The number of halogens is 1. The monoisotopic (exact) mass is 518 g/mol. The molecular weight excluding hydrogens is 492 g/mol. The quantitative estimate of drug-likeness (QED) is 0.311. The molecule has 190 valence electrons. The number of hydrogen-bond donors (Lipinski definition) is 2. The molecule has 37 heavy (non-hydrogen) atoms. The molecule has 2 aromatic carbocycles. The molecule has 0 unspecified atom stereocenters. The van der Waals surface area contributed by atoms with Gasteiger partial charge in [-0.3, -0.25) is 14.9 Å². The first-order valence-corrected chi connectivity index (χ1v) is 12.5. The Hall–Kier alpha value is -4.04. The lowest BCUT2D eigenvalue weighted by Crippen LogP contribution is -2.29. The lowest BCUT2D eigenvalue weighted by atomic mass is 9.95. The van der Waals surface area contributed by atoms with E-state index in [1.165, 1.54) is 0 Å². The first-order chi connectivity index (χ1) is 17.9. The van der Waals surface area contributed by atoms with Gasteiger partial charge in [0.2, 0.25) is 0 Å². The first-order valence-electron chi connectivity index (χ1n) is 12.1. The third-order valence-electron chi connectivity index (χ3n) is 6.35. The zero-order valence-electron chi connectivity index (χ0n) is 20.8. The Labute approximate surface area is 219 Å². The largest absolute Gasteiger partial charge is 0.507 e. The van der Waals surface area contributed by atoms with Crippen LogP contribution in [0.15, 0.2) is 54.9 Å². The van der Waals surface area contributed by atoms with Gasteiger partial charge in [0.15, 0.2) is 11.5 Å². The van der Waals surface area contributed by atoms with Crippen molar-refractivity contribution in [3.63, 3.8) is 0 Å². The van der Waals surface area contributed by atoms with E-state index >= 15 is 0 Å². The highest BCUT2D eigenvalue weighted by Crippen LogP contribution is 2.47. The molecule has 4 aromatic rings. The summed E-state index contributed by atoms with van der Waals surface area (Å²) in [5.74, 6) is 1.06. The number of hydrogen-bond acceptors (Lipinski definition) is 6. The van der Waals surface area contributed by atoms with Crippen molar-refractivity contribution in [2.75, 3.05) is 13.2 Å². The number of nitrogens with one attached hydrogen (secondary N) is 1. The predicted octanol–water partition coefficient (Wildman–Crippen LogP) is 5.68. The van der Waals surface area contributed by atoms with Gasteiger partial charge in [-0.05, 0) is 67.8 Å².